The maximum absolute atomic E-state index is 12.7. The molecule has 0 aliphatic heterocycles. The molecule has 3 rings (SSSR count). The molecule has 0 saturated heterocycles. The predicted octanol–water partition coefficient (Wildman–Crippen LogP) is 3.65. The standard InChI is InChI=1S/C14H10F3N3O/c1-21-13-9(3-2-6-18-13)12-19-10-5-4-8(14(15,16)17)7-11(10)20-12/h2-7H,1H3,(H,19,20). The SMILES string of the molecule is COc1ncccc1-c1nc2ccc(C(F)(F)F)cc2[nH]1. The van der Waals surface area contributed by atoms with Gasteiger partial charge in [-0.2, -0.15) is 13.2 Å². The Labute approximate surface area is 117 Å². The molecule has 3 aromatic rings. The van der Waals surface area contributed by atoms with Crippen molar-refractivity contribution in [2.75, 3.05) is 7.11 Å². The maximum atomic E-state index is 12.7. The van der Waals surface area contributed by atoms with Crippen molar-refractivity contribution in [2.24, 2.45) is 0 Å². The molecule has 1 aromatic carbocycles. The summed E-state index contributed by atoms with van der Waals surface area (Å²) in [5.41, 5.74) is 0.628. The van der Waals surface area contributed by atoms with Gasteiger partial charge in [0, 0.05) is 6.20 Å². The van der Waals surface area contributed by atoms with Crippen LogP contribution in [0.15, 0.2) is 36.5 Å². The molecule has 0 radical (unpaired) electrons. The van der Waals surface area contributed by atoms with Crippen LogP contribution in [0, 0.1) is 0 Å². The van der Waals surface area contributed by atoms with Gasteiger partial charge >= 0.3 is 6.18 Å². The van der Waals surface area contributed by atoms with Crippen molar-refractivity contribution in [3.63, 3.8) is 0 Å². The number of methoxy groups -OCH3 is 1. The molecule has 0 fully saturated rings. The van der Waals surface area contributed by atoms with Gasteiger partial charge in [-0.1, -0.05) is 0 Å². The fraction of sp³-hybridized carbons (Fsp3) is 0.143. The summed E-state index contributed by atoms with van der Waals surface area (Å²) < 4.78 is 43.2. The Morgan fingerprint density at radius 2 is 2.00 bits per heavy atom. The summed E-state index contributed by atoms with van der Waals surface area (Å²) in [5, 5.41) is 0. The third-order valence-electron chi connectivity index (χ3n) is 3.03. The monoisotopic (exact) mass is 293 g/mol. The van der Waals surface area contributed by atoms with Gasteiger partial charge in [0.05, 0.1) is 29.3 Å². The van der Waals surface area contributed by atoms with E-state index in [0.29, 0.717) is 28.3 Å². The second-order valence-corrected chi connectivity index (χ2v) is 4.38. The zero-order chi connectivity index (χ0) is 15.0. The number of hydrogen-bond donors (Lipinski definition) is 1. The molecule has 2 heterocycles. The fourth-order valence-corrected chi connectivity index (χ4v) is 2.05. The molecule has 0 aliphatic carbocycles. The van der Waals surface area contributed by atoms with Crippen LogP contribution in [0.5, 0.6) is 5.88 Å². The highest BCUT2D eigenvalue weighted by Gasteiger charge is 2.30. The lowest BCUT2D eigenvalue weighted by Crippen LogP contribution is -2.04. The molecule has 0 aliphatic rings. The molecule has 4 nitrogen and oxygen atoms in total. The number of aromatic amines is 1. The van der Waals surface area contributed by atoms with Crippen LogP contribution in [0.1, 0.15) is 5.56 Å². The van der Waals surface area contributed by atoms with E-state index in [1.54, 1.807) is 18.3 Å². The predicted molar refractivity (Wildman–Crippen MR) is 70.9 cm³/mol. The number of pyridine rings is 1. The summed E-state index contributed by atoms with van der Waals surface area (Å²) >= 11 is 0. The number of hydrogen-bond acceptors (Lipinski definition) is 3. The Bertz CT molecular complexity index is 796. The third-order valence-corrected chi connectivity index (χ3v) is 3.03. The van der Waals surface area contributed by atoms with Crippen LogP contribution >= 0.6 is 0 Å². The Morgan fingerprint density at radius 3 is 2.71 bits per heavy atom. The minimum absolute atomic E-state index is 0.311. The van der Waals surface area contributed by atoms with Crippen LogP contribution in [-0.2, 0) is 6.18 Å². The first-order chi connectivity index (χ1) is 9.99. The molecule has 0 saturated carbocycles. The van der Waals surface area contributed by atoms with Gasteiger partial charge in [-0.25, -0.2) is 9.97 Å². The third kappa shape index (κ3) is 2.42. The highest BCUT2D eigenvalue weighted by Crippen LogP contribution is 2.32. The second kappa shape index (κ2) is 4.76. The van der Waals surface area contributed by atoms with Gasteiger partial charge in [0.2, 0.25) is 5.88 Å². The highest BCUT2D eigenvalue weighted by molar-refractivity contribution is 5.81. The first-order valence-electron chi connectivity index (χ1n) is 6.05. The van der Waals surface area contributed by atoms with Gasteiger partial charge in [-0.15, -0.1) is 0 Å². The van der Waals surface area contributed by atoms with Crippen molar-refractivity contribution < 1.29 is 17.9 Å². The molecule has 0 atom stereocenters. The molecular weight excluding hydrogens is 283 g/mol. The lowest BCUT2D eigenvalue weighted by atomic mass is 10.2. The minimum Gasteiger partial charge on any atom is -0.480 e. The summed E-state index contributed by atoms with van der Waals surface area (Å²) in [4.78, 5) is 11.2. The van der Waals surface area contributed by atoms with Crippen molar-refractivity contribution in [3.8, 4) is 17.3 Å². The molecule has 2 aromatic heterocycles. The number of imidazole rings is 1. The van der Waals surface area contributed by atoms with Gasteiger partial charge in [0.15, 0.2) is 0 Å². The summed E-state index contributed by atoms with van der Waals surface area (Å²) in [6.45, 7) is 0. The largest absolute Gasteiger partial charge is 0.480 e. The number of ether oxygens (including phenoxy) is 1. The lowest BCUT2D eigenvalue weighted by molar-refractivity contribution is -0.137. The first-order valence-corrected chi connectivity index (χ1v) is 6.05. The summed E-state index contributed by atoms with van der Waals surface area (Å²) in [6, 6.07) is 6.81. The van der Waals surface area contributed by atoms with Crippen molar-refractivity contribution in [1.29, 1.82) is 0 Å². The number of benzene rings is 1. The molecule has 0 unspecified atom stereocenters. The van der Waals surface area contributed by atoms with E-state index in [0.717, 1.165) is 12.1 Å². The molecule has 0 amide bonds. The number of aromatic nitrogens is 3. The molecule has 0 spiro atoms. The number of alkyl halides is 3. The average Bonchev–Trinajstić information content (AvgIpc) is 2.89. The number of nitrogens with zero attached hydrogens (tertiary/aromatic N) is 2. The van der Waals surface area contributed by atoms with Gasteiger partial charge in [0.1, 0.15) is 5.82 Å². The topological polar surface area (TPSA) is 50.8 Å². The smallest absolute Gasteiger partial charge is 0.416 e. The number of fused-ring (bicyclic) bond motifs is 1. The van der Waals surface area contributed by atoms with Crippen LogP contribution in [0.4, 0.5) is 13.2 Å². The maximum Gasteiger partial charge on any atom is 0.416 e. The summed E-state index contributed by atoms with van der Waals surface area (Å²) in [7, 11) is 1.47. The van der Waals surface area contributed by atoms with Crippen LogP contribution in [0.25, 0.3) is 22.4 Å². The Balaban J connectivity index is 2.13. The quantitative estimate of drug-likeness (QED) is 0.784. The van der Waals surface area contributed by atoms with Crippen LogP contribution < -0.4 is 4.74 Å². The number of H-pyrrole nitrogens is 1. The normalized spacial score (nSPS) is 11.8. The van der Waals surface area contributed by atoms with Crippen LogP contribution in [-0.4, -0.2) is 22.1 Å². The molecule has 108 valence electrons. The van der Waals surface area contributed by atoms with Gasteiger partial charge in [-0.05, 0) is 30.3 Å². The molecular formula is C14H10F3N3O. The van der Waals surface area contributed by atoms with Gasteiger partial charge < -0.3 is 9.72 Å². The zero-order valence-corrected chi connectivity index (χ0v) is 10.9. The second-order valence-electron chi connectivity index (χ2n) is 4.38. The minimum atomic E-state index is -4.38. The van der Waals surface area contributed by atoms with Crippen LogP contribution in [0.2, 0.25) is 0 Å². The average molecular weight is 293 g/mol. The Hall–Kier alpha value is -2.57. The molecule has 1 N–H and O–H groups in total. The fourth-order valence-electron chi connectivity index (χ4n) is 2.05. The highest BCUT2D eigenvalue weighted by atomic mass is 19.4. The zero-order valence-electron chi connectivity index (χ0n) is 10.9. The molecule has 0 bridgehead atoms. The van der Waals surface area contributed by atoms with E-state index in [9.17, 15) is 13.2 Å². The van der Waals surface area contributed by atoms with E-state index in [-0.39, 0.29) is 0 Å². The van der Waals surface area contributed by atoms with Gasteiger partial charge in [-0.3, -0.25) is 0 Å². The summed E-state index contributed by atoms with van der Waals surface area (Å²) in [5.74, 6) is 0.766. The summed E-state index contributed by atoms with van der Waals surface area (Å²) in [6.07, 6.45) is -2.82. The van der Waals surface area contributed by atoms with E-state index >= 15 is 0 Å². The first kappa shape index (κ1) is 13.4. The number of rotatable bonds is 2. The van der Waals surface area contributed by atoms with Crippen molar-refractivity contribution in [2.45, 2.75) is 6.18 Å². The van der Waals surface area contributed by atoms with E-state index in [2.05, 4.69) is 15.0 Å². The van der Waals surface area contributed by atoms with Gasteiger partial charge in [0.25, 0.3) is 0 Å². The van der Waals surface area contributed by atoms with E-state index in [4.69, 9.17) is 4.74 Å². The van der Waals surface area contributed by atoms with E-state index in [1.807, 2.05) is 0 Å². The van der Waals surface area contributed by atoms with Crippen LogP contribution in [0.3, 0.4) is 0 Å². The van der Waals surface area contributed by atoms with E-state index < -0.39 is 11.7 Å². The van der Waals surface area contributed by atoms with Crippen molar-refractivity contribution in [3.05, 3.63) is 42.1 Å². The van der Waals surface area contributed by atoms with Crippen molar-refractivity contribution in [1.82, 2.24) is 15.0 Å². The Kier molecular flexibility index (Phi) is 3.04. The van der Waals surface area contributed by atoms with Crippen molar-refractivity contribution >= 4 is 11.0 Å². The molecule has 7 heteroatoms. The molecule has 21 heavy (non-hydrogen) atoms. The number of halogens is 3. The Morgan fingerprint density at radius 1 is 1.19 bits per heavy atom. The number of nitrogens with one attached hydrogen (secondary N) is 1. The lowest BCUT2D eigenvalue weighted by Gasteiger charge is -2.05. The van der Waals surface area contributed by atoms with E-state index in [1.165, 1.54) is 13.2 Å².